The zero-order chi connectivity index (χ0) is 23.3. The minimum absolute atomic E-state index is 0.0256. The highest BCUT2D eigenvalue weighted by molar-refractivity contribution is 5.89. The summed E-state index contributed by atoms with van der Waals surface area (Å²) < 4.78 is 78.7. The molecule has 0 amide bonds. The monoisotopic (exact) mass is 457 g/mol. The zero-order valence-corrected chi connectivity index (χ0v) is 16.0. The fraction of sp³-hybridized carbons (Fsp3) is 0.158. The zero-order valence-electron chi connectivity index (χ0n) is 16.0. The van der Waals surface area contributed by atoms with Crippen LogP contribution in [-0.4, -0.2) is 44.8 Å². The van der Waals surface area contributed by atoms with Crippen LogP contribution in [0.3, 0.4) is 0 Å². The summed E-state index contributed by atoms with van der Waals surface area (Å²) in [6, 6.07) is 6.06. The smallest absolute Gasteiger partial charge is 0.352 e. The fourth-order valence-corrected chi connectivity index (χ4v) is 2.77. The van der Waals surface area contributed by atoms with Gasteiger partial charge in [0, 0.05) is 6.20 Å². The summed E-state index contributed by atoms with van der Waals surface area (Å²) in [6.07, 6.45) is 1.46. The molecule has 0 unspecified atom stereocenters. The van der Waals surface area contributed by atoms with Crippen LogP contribution in [0.1, 0.15) is 0 Å². The van der Waals surface area contributed by atoms with Gasteiger partial charge in [0.1, 0.15) is 19.0 Å². The lowest BCUT2D eigenvalue weighted by Crippen LogP contribution is -2.20. The summed E-state index contributed by atoms with van der Waals surface area (Å²) in [7, 11) is 0. The molecule has 168 valence electrons. The van der Waals surface area contributed by atoms with Gasteiger partial charge in [0.05, 0.1) is 11.3 Å². The van der Waals surface area contributed by atoms with Crippen molar-refractivity contribution in [1.29, 1.82) is 0 Å². The van der Waals surface area contributed by atoms with E-state index in [-0.39, 0.29) is 40.8 Å². The van der Waals surface area contributed by atoms with E-state index in [2.05, 4.69) is 20.1 Å². The van der Waals surface area contributed by atoms with Crippen LogP contribution in [0, 0.1) is 17.5 Å². The van der Waals surface area contributed by atoms with Gasteiger partial charge in [0.2, 0.25) is 6.93 Å². The van der Waals surface area contributed by atoms with E-state index in [1.165, 1.54) is 6.20 Å². The Morgan fingerprint density at radius 3 is 2.34 bits per heavy atom. The Hall–Kier alpha value is -3.90. The Morgan fingerprint density at radius 2 is 1.75 bits per heavy atom. The van der Waals surface area contributed by atoms with Crippen molar-refractivity contribution >= 4 is 5.65 Å². The second kappa shape index (κ2) is 9.94. The van der Waals surface area contributed by atoms with Crippen LogP contribution in [0.15, 0.2) is 41.3 Å². The van der Waals surface area contributed by atoms with Crippen molar-refractivity contribution in [3.05, 3.63) is 64.5 Å². The highest BCUT2D eigenvalue weighted by atomic mass is 19.3. The van der Waals surface area contributed by atoms with Gasteiger partial charge in [-0.1, -0.05) is 6.07 Å². The van der Waals surface area contributed by atoms with E-state index in [9.17, 15) is 31.1 Å². The summed E-state index contributed by atoms with van der Waals surface area (Å²) in [4.78, 5) is 22.9. The number of pyridine rings is 1. The third-order valence-corrected chi connectivity index (χ3v) is 3.97. The van der Waals surface area contributed by atoms with Crippen molar-refractivity contribution in [3.63, 3.8) is 0 Å². The maximum atomic E-state index is 13.9. The maximum absolute atomic E-state index is 13.9. The van der Waals surface area contributed by atoms with Gasteiger partial charge in [-0.25, -0.2) is 31.1 Å². The molecule has 0 aliphatic carbocycles. The normalized spacial score (nSPS) is 10.7. The van der Waals surface area contributed by atoms with Crippen LogP contribution < -0.4 is 10.4 Å². The number of nitrogens with zero attached hydrogens (tertiary/aromatic N) is 4. The molecule has 32 heavy (non-hydrogen) atoms. The average molecular weight is 457 g/mol. The molecule has 0 saturated carbocycles. The van der Waals surface area contributed by atoms with Crippen molar-refractivity contribution in [1.82, 2.24) is 24.6 Å². The van der Waals surface area contributed by atoms with E-state index in [0.29, 0.717) is 0 Å². The van der Waals surface area contributed by atoms with E-state index in [0.717, 1.165) is 16.6 Å². The summed E-state index contributed by atoms with van der Waals surface area (Å²) in [5.74, 6) is -4.49. The number of ether oxygens (including phenoxy) is 1. The first kappa shape index (κ1) is 22.8. The molecule has 13 heteroatoms. The molecule has 0 aliphatic rings. The molecule has 3 heterocycles. The molecule has 0 atom stereocenters. The predicted molar refractivity (Wildman–Crippen MR) is 101 cm³/mol. The summed E-state index contributed by atoms with van der Waals surface area (Å²) >= 11 is 0. The number of hydrogen-bond acceptors (Lipinski definition) is 5. The highest BCUT2D eigenvalue weighted by Crippen LogP contribution is 2.34. The lowest BCUT2D eigenvalue weighted by atomic mass is 10.0. The minimum atomic E-state index is -1.75. The molecule has 3 aromatic heterocycles. The Balaban J connectivity index is 0.000000913. The predicted octanol–water partition coefficient (Wildman–Crippen LogP) is 3.80. The first-order valence-electron chi connectivity index (χ1n) is 8.81. The number of fused-ring (bicyclic) bond motifs is 1. The maximum Gasteiger partial charge on any atom is 0.352 e. The molecule has 0 saturated heterocycles. The Kier molecular flexibility index (Phi) is 7.07. The molecule has 4 rings (SSSR count). The van der Waals surface area contributed by atoms with E-state index >= 15 is 0 Å². The summed E-state index contributed by atoms with van der Waals surface area (Å²) in [5, 5.41) is 4.14. The average Bonchev–Trinajstić information content (AvgIpc) is 3.17. The number of aromatic nitrogens is 5. The van der Waals surface area contributed by atoms with Gasteiger partial charge in [-0.05, 0) is 29.8 Å². The molecule has 0 spiro atoms. The molecular formula is C19H13F6N5O2. The third kappa shape index (κ3) is 4.55. The van der Waals surface area contributed by atoms with Gasteiger partial charge in [0.15, 0.2) is 23.1 Å². The number of aromatic amines is 1. The number of halogens is 6. The van der Waals surface area contributed by atoms with Gasteiger partial charge < -0.3 is 4.74 Å². The van der Waals surface area contributed by atoms with Crippen LogP contribution in [0.5, 0.6) is 6.01 Å². The van der Waals surface area contributed by atoms with Crippen LogP contribution in [0.4, 0.5) is 26.3 Å². The molecule has 4 aromatic rings. The first-order valence-corrected chi connectivity index (χ1v) is 8.81. The van der Waals surface area contributed by atoms with Crippen molar-refractivity contribution in [2.45, 2.75) is 0 Å². The lowest BCUT2D eigenvalue weighted by Gasteiger charge is -2.06. The highest BCUT2D eigenvalue weighted by Gasteiger charge is 2.23. The van der Waals surface area contributed by atoms with Gasteiger partial charge >= 0.3 is 5.69 Å². The fourth-order valence-electron chi connectivity index (χ4n) is 2.77. The standard InChI is InChI=1S/C18H11F4N5O2.CH2F2/c19-4-6-29-17-24-16-13(9-7-10(20)14(22)11(21)8-9)15(12-3-1-2-5-23-12)26-27(16)18(28)25-17;2-1-3/h1-3,5,7-8H,4,6H2,(H,24,25,28);1H2. The van der Waals surface area contributed by atoms with Crippen LogP contribution >= 0.6 is 0 Å². The number of benzene rings is 1. The number of nitrogens with one attached hydrogen (secondary N) is 1. The number of rotatable bonds is 5. The minimum Gasteiger partial charge on any atom is -0.462 e. The molecular weight excluding hydrogens is 444 g/mol. The second-order valence-electron chi connectivity index (χ2n) is 5.91. The quantitative estimate of drug-likeness (QED) is 0.364. The molecule has 1 N–H and O–H groups in total. The van der Waals surface area contributed by atoms with Gasteiger partial charge in [-0.2, -0.15) is 14.6 Å². The number of H-pyrrole nitrogens is 1. The van der Waals surface area contributed by atoms with Crippen molar-refractivity contribution < 1.29 is 31.1 Å². The Bertz CT molecular complexity index is 1260. The molecule has 0 radical (unpaired) electrons. The van der Waals surface area contributed by atoms with Gasteiger partial charge in [-0.3, -0.25) is 9.97 Å². The van der Waals surface area contributed by atoms with E-state index in [1.54, 1.807) is 18.2 Å². The Labute approximate surface area is 175 Å². The Morgan fingerprint density at radius 1 is 1.06 bits per heavy atom. The van der Waals surface area contributed by atoms with Crippen LogP contribution in [0.2, 0.25) is 0 Å². The van der Waals surface area contributed by atoms with Crippen LogP contribution in [-0.2, 0) is 0 Å². The number of alkyl halides is 3. The number of hydrogen-bond donors (Lipinski definition) is 1. The summed E-state index contributed by atoms with van der Waals surface area (Å²) in [6.45, 7) is -2.94. The van der Waals surface area contributed by atoms with E-state index < -0.39 is 36.7 Å². The summed E-state index contributed by atoms with van der Waals surface area (Å²) in [5.41, 5.74) is -0.645. The molecule has 0 fully saturated rings. The SMILES string of the molecule is FCF.O=c1[nH]c(OCCF)nc2c(-c3cc(F)c(F)c(F)c3)c(-c3ccccn3)nn12. The van der Waals surface area contributed by atoms with Crippen molar-refractivity contribution in [2.75, 3.05) is 20.2 Å². The topological polar surface area (TPSA) is 85.2 Å². The first-order chi connectivity index (χ1) is 15.4. The molecule has 1 aromatic carbocycles. The molecule has 0 aliphatic heterocycles. The second-order valence-corrected chi connectivity index (χ2v) is 5.91. The molecule has 7 nitrogen and oxygen atoms in total. The third-order valence-electron chi connectivity index (χ3n) is 3.97. The molecule has 0 bridgehead atoms. The van der Waals surface area contributed by atoms with E-state index in [1.807, 2.05) is 0 Å². The van der Waals surface area contributed by atoms with Crippen molar-refractivity contribution in [2.24, 2.45) is 0 Å². The van der Waals surface area contributed by atoms with E-state index in [4.69, 9.17) is 4.74 Å². The largest absolute Gasteiger partial charge is 0.462 e. The van der Waals surface area contributed by atoms with Crippen molar-refractivity contribution in [3.8, 4) is 28.5 Å². The van der Waals surface area contributed by atoms with Gasteiger partial charge in [-0.15, -0.1) is 0 Å². The van der Waals surface area contributed by atoms with Crippen LogP contribution in [0.25, 0.3) is 28.2 Å². The lowest BCUT2D eigenvalue weighted by molar-refractivity contribution is 0.254. The van der Waals surface area contributed by atoms with Gasteiger partial charge in [0.25, 0.3) is 6.01 Å².